The molecule has 0 aromatic heterocycles. The van der Waals surface area contributed by atoms with Gasteiger partial charge in [0, 0.05) is 23.0 Å². The zero-order chi connectivity index (χ0) is 24.3. The average Bonchev–Trinajstić information content (AvgIpc) is 2.69. The number of hydrogen-bond acceptors (Lipinski definition) is 6. The fourth-order valence-electron chi connectivity index (χ4n) is 2.49. The standard InChI is InChI=1S/C19H22FIN2O9/c20-12-9-10(21)4-5-11(12)16(26)22-8-2-1-3-13(17(27)28)23-19(31)32-14(18(29)30)6-7-15(24)25/h4-5,9,13-14H,1-3,6-8H2,(H,22,26)(H,23,31)(H,24,25)(H,27,28)(H,29,30)/t13-,14-/m0/s1. The molecule has 0 saturated heterocycles. The van der Waals surface area contributed by atoms with Gasteiger partial charge < -0.3 is 30.7 Å². The number of unbranched alkanes of at least 4 members (excludes halogenated alkanes) is 1. The number of aliphatic carboxylic acids is 3. The van der Waals surface area contributed by atoms with Gasteiger partial charge in [-0.05, 0) is 60.1 Å². The SMILES string of the molecule is O=C(O)CC[C@H](OC(=O)N[C@@H](CCCCNC(=O)c1ccc(I)cc1F)C(=O)O)C(=O)O. The summed E-state index contributed by atoms with van der Waals surface area (Å²) >= 11 is 1.91. The summed E-state index contributed by atoms with van der Waals surface area (Å²) in [6.45, 7) is 0.136. The number of halogens is 2. The van der Waals surface area contributed by atoms with Crippen LogP contribution in [-0.4, -0.2) is 63.9 Å². The largest absolute Gasteiger partial charge is 0.481 e. The van der Waals surface area contributed by atoms with Crippen LogP contribution in [0.2, 0.25) is 0 Å². The highest BCUT2D eigenvalue weighted by atomic mass is 127. The first-order valence-electron chi connectivity index (χ1n) is 9.39. The lowest BCUT2D eigenvalue weighted by molar-refractivity contribution is -0.148. The van der Waals surface area contributed by atoms with Gasteiger partial charge in [-0.25, -0.2) is 18.8 Å². The van der Waals surface area contributed by atoms with Gasteiger partial charge in [-0.3, -0.25) is 9.59 Å². The third-order valence-electron chi connectivity index (χ3n) is 4.12. The van der Waals surface area contributed by atoms with Crippen molar-refractivity contribution < 1.29 is 48.4 Å². The molecule has 0 bridgehead atoms. The minimum Gasteiger partial charge on any atom is -0.481 e. The molecule has 0 radical (unpaired) electrons. The molecule has 0 aliphatic carbocycles. The lowest BCUT2D eigenvalue weighted by atomic mass is 10.1. The normalized spacial score (nSPS) is 12.3. The Morgan fingerprint density at radius 3 is 2.28 bits per heavy atom. The van der Waals surface area contributed by atoms with Crippen molar-refractivity contribution in [3.63, 3.8) is 0 Å². The zero-order valence-corrected chi connectivity index (χ0v) is 18.8. The van der Waals surface area contributed by atoms with Gasteiger partial charge in [0.25, 0.3) is 5.91 Å². The molecule has 5 N–H and O–H groups in total. The van der Waals surface area contributed by atoms with Crippen molar-refractivity contribution in [3.8, 4) is 0 Å². The van der Waals surface area contributed by atoms with Gasteiger partial charge in [0.2, 0.25) is 6.10 Å². The predicted molar refractivity (Wildman–Crippen MR) is 115 cm³/mol. The smallest absolute Gasteiger partial charge is 0.408 e. The van der Waals surface area contributed by atoms with Gasteiger partial charge in [-0.1, -0.05) is 0 Å². The average molecular weight is 568 g/mol. The Kier molecular flexibility index (Phi) is 11.4. The fraction of sp³-hybridized carbons (Fsp3) is 0.421. The van der Waals surface area contributed by atoms with Crippen molar-refractivity contribution in [1.82, 2.24) is 10.6 Å². The molecule has 1 aromatic carbocycles. The Morgan fingerprint density at radius 2 is 1.72 bits per heavy atom. The molecule has 1 aromatic rings. The number of carboxylic acid groups (broad SMARTS) is 3. The van der Waals surface area contributed by atoms with E-state index >= 15 is 0 Å². The molecule has 2 amide bonds. The highest BCUT2D eigenvalue weighted by molar-refractivity contribution is 14.1. The third kappa shape index (κ3) is 9.89. The van der Waals surface area contributed by atoms with Gasteiger partial charge >= 0.3 is 24.0 Å². The van der Waals surface area contributed by atoms with Gasteiger partial charge in [0.05, 0.1) is 5.56 Å². The number of carboxylic acids is 3. The first kappa shape index (κ1) is 27.1. The number of carbonyl (C=O) groups excluding carboxylic acids is 2. The van der Waals surface area contributed by atoms with E-state index in [1.807, 2.05) is 27.9 Å². The predicted octanol–water partition coefficient (Wildman–Crippen LogP) is 1.83. The van der Waals surface area contributed by atoms with E-state index in [-0.39, 0.29) is 24.9 Å². The van der Waals surface area contributed by atoms with Crippen LogP contribution in [0.25, 0.3) is 0 Å². The number of rotatable bonds is 13. The number of nitrogens with one attached hydrogen (secondary N) is 2. The van der Waals surface area contributed by atoms with Crippen LogP contribution in [0.3, 0.4) is 0 Å². The Labute approximate surface area is 195 Å². The molecule has 0 fully saturated rings. The molecule has 0 saturated carbocycles. The zero-order valence-electron chi connectivity index (χ0n) is 16.7. The molecule has 176 valence electrons. The highest BCUT2D eigenvalue weighted by Crippen LogP contribution is 2.12. The van der Waals surface area contributed by atoms with Crippen LogP contribution < -0.4 is 10.6 Å². The number of carbonyl (C=O) groups is 5. The molecule has 0 unspecified atom stereocenters. The first-order valence-corrected chi connectivity index (χ1v) is 10.5. The molecule has 0 spiro atoms. The van der Waals surface area contributed by atoms with Crippen LogP contribution in [0, 0.1) is 9.39 Å². The van der Waals surface area contributed by atoms with Crippen molar-refractivity contribution in [1.29, 1.82) is 0 Å². The van der Waals surface area contributed by atoms with E-state index in [9.17, 15) is 33.5 Å². The lowest BCUT2D eigenvalue weighted by Crippen LogP contribution is -2.43. The second-order valence-electron chi connectivity index (χ2n) is 6.58. The van der Waals surface area contributed by atoms with E-state index < -0.39 is 60.7 Å². The monoisotopic (exact) mass is 568 g/mol. The van der Waals surface area contributed by atoms with Gasteiger partial charge in [0.15, 0.2) is 0 Å². The number of amides is 2. The van der Waals surface area contributed by atoms with Crippen LogP contribution in [0.15, 0.2) is 18.2 Å². The Bertz CT molecular complexity index is 865. The van der Waals surface area contributed by atoms with Crippen molar-refractivity contribution >= 4 is 52.5 Å². The van der Waals surface area contributed by atoms with E-state index in [1.54, 1.807) is 6.07 Å². The van der Waals surface area contributed by atoms with Crippen LogP contribution in [0.1, 0.15) is 42.5 Å². The lowest BCUT2D eigenvalue weighted by Gasteiger charge is -2.17. The molecule has 13 heteroatoms. The second kappa shape index (κ2) is 13.4. The molecule has 1 rings (SSSR count). The summed E-state index contributed by atoms with van der Waals surface area (Å²) in [7, 11) is 0. The summed E-state index contributed by atoms with van der Waals surface area (Å²) in [6.07, 6.45) is -3.54. The van der Waals surface area contributed by atoms with Crippen LogP contribution >= 0.6 is 22.6 Å². The van der Waals surface area contributed by atoms with E-state index in [2.05, 4.69) is 10.1 Å². The number of benzene rings is 1. The Hall–Kier alpha value is -2.97. The van der Waals surface area contributed by atoms with Crippen LogP contribution in [0.4, 0.5) is 9.18 Å². The first-order chi connectivity index (χ1) is 15.0. The van der Waals surface area contributed by atoms with E-state index in [0.717, 1.165) is 0 Å². The summed E-state index contributed by atoms with van der Waals surface area (Å²) in [5.41, 5.74) is -0.117. The Morgan fingerprint density at radius 1 is 1.03 bits per heavy atom. The number of ether oxygens (including phenoxy) is 1. The van der Waals surface area contributed by atoms with E-state index in [1.165, 1.54) is 12.1 Å². The topological polar surface area (TPSA) is 179 Å². The van der Waals surface area contributed by atoms with Gasteiger partial charge in [0.1, 0.15) is 11.9 Å². The summed E-state index contributed by atoms with van der Waals surface area (Å²) in [5, 5.41) is 31.3. The van der Waals surface area contributed by atoms with E-state index in [0.29, 0.717) is 9.99 Å². The third-order valence-corrected chi connectivity index (χ3v) is 4.79. The second-order valence-corrected chi connectivity index (χ2v) is 7.82. The molecular weight excluding hydrogens is 546 g/mol. The summed E-state index contributed by atoms with van der Waals surface area (Å²) in [5.74, 6) is -5.50. The summed E-state index contributed by atoms with van der Waals surface area (Å²) in [4.78, 5) is 56.7. The minimum atomic E-state index is -1.74. The minimum absolute atomic E-state index is 0.0505. The van der Waals surface area contributed by atoms with Crippen LogP contribution in [-0.2, 0) is 19.1 Å². The molecule has 0 heterocycles. The maximum atomic E-state index is 13.8. The molecular formula is C19H22FIN2O9. The number of hydrogen-bond donors (Lipinski definition) is 5. The van der Waals surface area contributed by atoms with Crippen molar-refractivity contribution in [3.05, 3.63) is 33.1 Å². The molecule has 0 aliphatic rings. The van der Waals surface area contributed by atoms with E-state index in [4.69, 9.17) is 10.2 Å². The maximum absolute atomic E-state index is 13.8. The highest BCUT2D eigenvalue weighted by Gasteiger charge is 2.26. The van der Waals surface area contributed by atoms with Crippen molar-refractivity contribution in [2.24, 2.45) is 0 Å². The molecule has 2 atom stereocenters. The number of alkyl carbamates (subject to hydrolysis) is 1. The van der Waals surface area contributed by atoms with Crippen molar-refractivity contribution in [2.45, 2.75) is 44.2 Å². The van der Waals surface area contributed by atoms with Gasteiger partial charge in [-0.2, -0.15) is 0 Å². The molecule has 11 nitrogen and oxygen atoms in total. The summed E-state index contributed by atoms with van der Waals surface area (Å²) < 4.78 is 19.0. The maximum Gasteiger partial charge on any atom is 0.408 e. The summed E-state index contributed by atoms with van der Waals surface area (Å²) in [6, 6.07) is 2.76. The fourth-order valence-corrected chi connectivity index (χ4v) is 2.95. The van der Waals surface area contributed by atoms with Crippen LogP contribution in [0.5, 0.6) is 0 Å². The van der Waals surface area contributed by atoms with Gasteiger partial charge in [-0.15, -0.1) is 0 Å². The Balaban J connectivity index is 2.45. The van der Waals surface area contributed by atoms with Crippen molar-refractivity contribution in [2.75, 3.05) is 6.54 Å². The molecule has 0 aliphatic heterocycles. The molecule has 32 heavy (non-hydrogen) atoms. The quantitative estimate of drug-likeness (QED) is 0.175.